The molecule has 0 spiro atoms. The molecule has 2 rings (SSSR count). The smallest absolute Gasteiger partial charge is 0.261 e. The zero-order valence-corrected chi connectivity index (χ0v) is 10.9. The largest absolute Gasteiger partial charge is 0.301 e. The van der Waals surface area contributed by atoms with Gasteiger partial charge in [-0.15, -0.1) is 0 Å². The summed E-state index contributed by atoms with van der Waals surface area (Å²) < 4.78 is 0. The Morgan fingerprint density at radius 1 is 1.44 bits per heavy atom. The Morgan fingerprint density at radius 3 is 2.89 bits per heavy atom. The van der Waals surface area contributed by atoms with Crippen molar-refractivity contribution in [3.05, 3.63) is 35.4 Å². The Kier molecular flexibility index (Phi) is 4.33. The molecule has 1 heterocycles. The lowest BCUT2D eigenvalue weighted by Crippen LogP contribution is -2.47. The highest BCUT2D eigenvalue weighted by Gasteiger charge is 2.23. The second-order valence-corrected chi connectivity index (χ2v) is 5.08. The van der Waals surface area contributed by atoms with Crippen LogP contribution in [0.5, 0.6) is 0 Å². The van der Waals surface area contributed by atoms with Gasteiger partial charge in [-0.25, -0.2) is 5.48 Å². The average Bonchev–Trinajstić information content (AvgIpc) is 2.37. The summed E-state index contributed by atoms with van der Waals surface area (Å²) in [6.07, 6.45) is 0.715. The quantitative estimate of drug-likeness (QED) is 0.792. The first kappa shape index (κ1) is 13.1. The van der Waals surface area contributed by atoms with Crippen LogP contribution in [0, 0.1) is 5.92 Å². The molecule has 4 nitrogen and oxygen atoms in total. The van der Waals surface area contributed by atoms with Crippen molar-refractivity contribution in [2.45, 2.75) is 32.9 Å². The summed E-state index contributed by atoms with van der Waals surface area (Å²) in [6, 6.07) is 7.99. The van der Waals surface area contributed by atoms with Crippen LogP contribution in [0.4, 0.5) is 0 Å². The fourth-order valence-corrected chi connectivity index (χ4v) is 1.99. The minimum absolute atomic E-state index is 0.0925. The van der Waals surface area contributed by atoms with Crippen LogP contribution in [0.2, 0.25) is 0 Å². The number of hydroxylamine groups is 1. The van der Waals surface area contributed by atoms with Gasteiger partial charge in [0.2, 0.25) is 0 Å². The van der Waals surface area contributed by atoms with Crippen LogP contribution < -0.4 is 10.8 Å². The number of hydrogen-bond donors (Lipinski definition) is 2. The van der Waals surface area contributed by atoms with Gasteiger partial charge < -0.3 is 5.32 Å². The predicted molar refractivity (Wildman–Crippen MR) is 69.7 cm³/mol. The molecular formula is C14H20N2O2. The first-order chi connectivity index (χ1) is 8.66. The number of amides is 1. The van der Waals surface area contributed by atoms with Crippen molar-refractivity contribution in [3.63, 3.8) is 0 Å². The second kappa shape index (κ2) is 5.98. The third-order valence-corrected chi connectivity index (χ3v) is 2.99. The minimum atomic E-state index is -0.202. The Balaban J connectivity index is 1.87. The van der Waals surface area contributed by atoms with Crippen molar-refractivity contribution < 1.29 is 9.63 Å². The molecule has 0 bridgehead atoms. The maximum Gasteiger partial charge on any atom is 0.261 e. The van der Waals surface area contributed by atoms with E-state index in [1.165, 1.54) is 11.1 Å². The van der Waals surface area contributed by atoms with E-state index in [1.807, 2.05) is 26.0 Å². The van der Waals surface area contributed by atoms with E-state index in [1.54, 1.807) is 0 Å². The molecule has 1 aliphatic rings. The van der Waals surface area contributed by atoms with Crippen molar-refractivity contribution in [2.24, 2.45) is 5.92 Å². The van der Waals surface area contributed by atoms with E-state index in [2.05, 4.69) is 22.9 Å². The van der Waals surface area contributed by atoms with Crippen LogP contribution in [0.1, 0.15) is 25.0 Å². The molecule has 18 heavy (non-hydrogen) atoms. The van der Waals surface area contributed by atoms with Crippen molar-refractivity contribution in [1.82, 2.24) is 10.8 Å². The molecule has 1 aliphatic heterocycles. The second-order valence-electron chi connectivity index (χ2n) is 5.08. The van der Waals surface area contributed by atoms with E-state index < -0.39 is 0 Å². The molecule has 1 amide bonds. The van der Waals surface area contributed by atoms with Gasteiger partial charge in [-0.3, -0.25) is 9.63 Å². The van der Waals surface area contributed by atoms with E-state index in [-0.39, 0.29) is 11.9 Å². The van der Waals surface area contributed by atoms with Gasteiger partial charge in [-0.05, 0) is 23.5 Å². The molecule has 1 aromatic rings. The Labute approximate surface area is 108 Å². The molecule has 0 saturated carbocycles. The van der Waals surface area contributed by atoms with Crippen LogP contribution in [0.15, 0.2) is 24.3 Å². The van der Waals surface area contributed by atoms with Crippen LogP contribution in [0.25, 0.3) is 0 Å². The van der Waals surface area contributed by atoms with Gasteiger partial charge in [0.25, 0.3) is 5.91 Å². The highest BCUT2D eigenvalue weighted by atomic mass is 16.7. The monoisotopic (exact) mass is 248 g/mol. The SMILES string of the molecule is CC(C)CONC(=O)[C@@H]1Cc2ccccc2CN1. The van der Waals surface area contributed by atoms with Crippen molar-refractivity contribution in [2.75, 3.05) is 6.61 Å². The molecule has 4 heteroatoms. The summed E-state index contributed by atoms with van der Waals surface area (Å²) in [4.78, 5) is 17.0. The Morgan fingerprint density at radius 2 is 2.17 bits per heavy atom. The first-order valence-electron chi connectivity index (χ1n) is 6.38. The molecule has 1 aromatic carbocycles. The van der Waals surface area contributed by atoms with Crippen LogP contribution in [-0.2, 0) is 22.6 Å². The van der Waals surface area contributed by atoms with Gasteiger partial charge >= 0.3 is 0 Å². The zero-order valence-electron chi connectivity index (χ0n) is 10.9. The molecule has 0 aromatic heterocycles. The van der Waals surface area contributed by atoms with E-state index in [0.717, 1.165) is 6.54 Å². The topological polar surface area (TPSA) is 50.4 Å². The van der Waals surface area contributed by atoms with Crippen molar-refractivity contribution in [1.29, 1.82) is 0 Å². The molecule has 98 valence electrons. The molecular weight excluding hydrogens is 228 g/mol. The number of fused-ring (bicyclic) bond motifs is 1. The summed E-state index contributed by atoms with van der Waals surface area (Å²) in [6.45, 7) is 5.36. The third kappa shape index (κ3) is 3.31. The number of rotatable bonds is 4. The number of hydrogen-bond acceptors (Lipinski definition) is 3. The maximum atomic E-state index is 11.9. The molecule has 0 saturated heterocycles. The molecule has 0 radical (unpaired) electrons. The van der Waals surface area contributed by atoms with Crippen LogP contribution in [0.3, 0.4) is 0 Å². The standard InChI is InChI=1S/C14H20N2O2/c1-10(2)9-18-16-14(17)13-7-11-5-3-4-6-12(11)8-15-13/h3-6,10,13,15H,7-9H2,1-2H3,(H,16,17)/t13-/m0/s1. The normalized spacial score (nSPS) is 18.5. The van der Waals surface area contributed by atoms with Crippen molar-refractivity contribution in [3.8, 4) is 0 Å². The summed E-state index contributed by atoms with van der Waals surface area (Å²) in [7, 11) is 0. The number of benzene rings is 1. The van der Waals surface area contributed by atoms with Crippen molar-refractivity contribution >= 4 is 5.91 Å². The molecule has 1 atom stereocenters. The molecule has 0 unspecified atom stereocenters. The Bertz CT molecular complexity index is 418. The first-order valence-corrected chi connectivity index (χ1v) is 6.38. The fourth-order valence-electron chi connectivity index (χ4n) is 1.99. The lowest BCUT2D eigenvalue weighted by atomic mass is 9.96. The number of carbonyl (C=O) groups excluding carboxylic acids is 1. The number of nitrogens with one attached hydrogen (secondary N) is 2. The number of carbonyl (C=O) groups is 1. The highest BCUT2D eigenvalue weighted by Crippen LogP contribution is 2.16. The lowest BCUT2D eigenvalue weighted by molar-refractivity contribution is -0.136. The average molecular weight is 248 g/mol. The molecule has 0 fully saturated rings. The van der Waals surface area contributed by atoms with E-state index in [0.29, 0.717) is 18.9 Å². The summed E-state index contributed by atoms with van der Waals surface area (Å²) in [5, 5.41) is 3.22. The summed E-state index contributed by atoms with van der Waals surface area (Å²) in [5.74, 6) is 0.315. The van der Waals surface area contributed by atoms with Crippen LogP contribution in [-0.4, -0.2) is 18.6 Å². The van der Waals surface area contributed by atoms with Gasteiger partial charge in [-0.1, -0.05) is 38.1 Å². The Hall–Kier alpha value is -1.39. The van der Waals surface area contributed by atoms with Gasteiger partial charge in [0.05, 0.1) is 12.6 Å². The summed E-state index contributed by atoms with van der Waals surface area (Å²) >= 11 is 0. The minimum Gasteiger partial charge on any atom is -0.301 e. The maximum absolute atomic E-state index is 11.9. The van der Waals surface area contributed by atoms with Gasteiger partial charge in [0.15, 0.2) is 0 Å². The van der Waals surface area contributed by atoms with Gasteiger partial charge in [0.1, 0.15) is 0 Å². The zero-order chi connectivity index (χ0) is 13.0. The molecule has 0 aliphatic carbocycles. The van der Waals surface area contributed by atoms with Gasteiger partial charge in [0, 0.05) is 6.54 Å². The third-order valence-electron chi connectivity index (χ3n) is 2.99. The highest BCUT2D eigenvalue weighted by molar-refractivity contribution is 5.81. The van der Waals surface area contributed by atoms with E-state index >= 15 is 0 Å². The van der Waals surface area contributed by atoms with E-state index in [4.69, 9.17) is 4.84 Å². The lowest BCUT2D eigenvalue weighted by Gasteiger charge is -2.25. The van der Waals surface area contributed by atoms with E-state index in [9.17, 15) is 4.79 Å². The fraction of sp³-hybridized carbons (Fsp3) is 0.500. The van der Waals surface area contributed by atoms with Gasteiger partial charge in [-0.2, -0.15) is 0 Å². The molecule has 2 N–H and O–H groups in total. The predicted octanol–water partition coefficient (Wildman–Crippen LogP) is 1.40. The van der Waals surface area contributed by atoms with Crippen LogP contribution >= 0.6 is 0 Å². The summed E-state index contributed by atoms with van der Waals surface area (Å²) in [5.41, 5.74) is 5.02.